The van der Waals surface area contributed by atoms with Gasteiger partial charge in [-0.3, -0.25) is 4.98 Å². The second kappa shape index (κ2) is 3.59. The molecule has 1 saturated carbocycles. The van der Waals surface area contributed by atoms with Crippen LogP contribution in [0.25, 0.3) is 11.0 Å². The lowest BCUT2D eigenvalue weighted by Crippen LogP contribution is -2.31. The Hall–Kier alpha value is -1.35. The highest BCUT2D eigenvalue weighted by molar-refractivity contribution is 5.81. The number of hydrogen-bond donors (Lipinski definition) is 1. The molecule has 0 radical (unpaired) electrons. The SMILES string of the molecule is NCC1(c2coc3cnccc23)CCCC1. The topological polar surface area (TPSA) is 52.0 Å². The summed E-state index contributed by atoms with van der Waals surface area (Å²) < 4.78 is 5.57. The number of rotatable bonds is 2. The minimum atomic E-state index is 0.145. The van der Waals surface area contributed by atoms with E-state index in [1.165, 1.54) is 36.6 Å². The van der Waals surface area contributed by atoms with Crippen LogP contribution in [0.3, 0.4) is 0 Å². The third-order valence-electron chi connectivity index (χ3n) is 3.90. The molecular formula is C13H16N2O. The van der Waals surface area contributed by atoms with Crippen LogP contribution in [0.4, 0.5) is 0 Å². The summed E-state index contributed by atoms with van der Waals surface area (Å²) in [6.45, 7) is 0.712. The largest absolute Gasteiger partial charge is 0.462 e. The normalized spacial score (nSPS) is 19.3. The number of pyridine rings is 1. The van der Waals surface area contributed by atoms with Gasteiger partial charge in [0, 0.05) is 29.1 Å². The van der Waals surface area contributed by atoms with Crippen molar-refractivity contribution < 1.29 is 4.42 Å². The molecule has 0 unspecified atom stereocenters. The van der Waals surface area contributed by atoms with E-state index in [-0.39, 0.29) is 5.41 Å². The van der Waals surface area contributed by atoms with Crippen molar-refractivity contribution in [2.75, 3.05) is 6.54 Å². The highest BCUT2D eigenvalue weighted by Gasteiger charge is 2.36. The number of nitrogens with two attached hydrogens (primary N) is 1. The Labute approximate surface area is 94.7 Å². The van der Waals surface area contributed by atoms with Gasteiger partial charge in [0.2, 0.25) is 0 Å². The minimum absolute atomic E-state index is 0.145. The molecule has 2 aromatic rings. The fourth-order valence-corrected chi connectivity index (χ4v) is 2.93. The summed E-state index contributed by atoms with van der Waals surface area (Å²) >= 11 is 0. The van der Waals surface area contributed by atoms with E-state index in [9.17, 15) is 0 Å². The maximum absolute atomic E-state index is 5.99. The van der Waals surface area contributed by atoms with Crippen LogP contribution >= 0.6 is 0 Å². The molecule has 0 bridgehead atoms. The molecule has 84 valence electrons. The van der Waals surface area contributed by atoms with Gasteiger partial charge in [-0.05, 0) is 18.9 Å². The quantitative estimate of drug-likeness (QED) is 0.839. The third kappa shape index (κ3) is 1.28. The Morgan fingerprint density at radius 3 is 2.94 bits per heavy atom. The van der Waals surface area contributed by atoms with Gasteiger partial charge in [-0.2, -0.15) is 0 Å². The third-order valence-corrected chi connectivity index (χ3v) is 3.90. The molecule has 3 heteroatoms. The van der Waals surface area contributed by atoms with E-state index >= 15 is 0 Å². The number of furan rings is 1. The molecule has 1 aliphatic rings. The summed E-state index contributed by atoms with van der Waals surface area (Å²) in [4.78, 5) is 4.08. The summed E-state index contributed by atoms with van der Waals surface area (Å²) in [5.74, 6) is 0. The number of aromatic nitrogens is 1. The summed E-state index contributed by atoms with van der Waals surface area (Å²) in [6, 6.07) is 2.03. The van der Waals surface area contributed by atoms with Gasteiger partial charge in [0.05, 0.1) is 12.5 Å². The monoisotopic (exact) mass is 216 g/mol. The van der Waals surface area contributed by atoms with Crippen molar-refractivity contribution in [3.05, 3.63) is 30.3 Å². The predicted molar refractivity (Wildman–Crippen MR) is 63.2 cm³/mol. The highest BCUT2D eigenvalue weighted by Crippen LogP contribution is 2.43. The first kappa shape index (κ1) is 9.85. The molecule has 1 aliphatic carbocycles. The fourth-order valence-electron chi connectivity index (χ4n) is 2.93. The zero-order chi connectivity index (χ0) is 11.0. The summed E-state index contributed by atoms with van der Waals surface area (Å²) in [5.41, 5.74) is 8.29. The lowest BCUT2D eigenvalue weighted by atomic mass is 9.79. The van der Waals surface area contributed by atoms with Crippen LogP contribution in [0, 0.1) is 0 Å². The van der Waals surface area contributed by atoms with Gasteiger partial charge in [-0.15, -0.1) is 0 Å². The van der Waals surface area contributed by atoms with E-state index in [1.807, 2.05) is 18.5 Å². The first-order valence-electron chi connectivity index (χ1n) is 5.87. The first-order chi connectivity index (χ1) is 7.86. The summed E-state index contributed by atoms with van der Waals surface area (Å²) in [7, 11) is 0. The van der Waals surface area contributed by atoms with Gasteiger partial charge in [0.1, 0.15) is 0 Å². The van der Waals surface area contributed by atoms with Crippen LogP contribution in [0.5, 0.6) is 0 Å². The lowest BCUT2D eigenvalue weighted by Gasteiger charge is -2.26. The summed E-state index contributed by atoms with van der Waals surface area (Å²) in [5, 5.41) is 1.18. The van der Waals surface area contributed by atoms with Crippen molar-refractivity contribution in [2.24, 2.45) is 5.73 Å². The average molecular weight is 216 g/mol. The van der Waals surface area contributed by atoms with Crippen molar-refractivity contribution in [2.45, 2.75) is 31.1 Å². The van der Waals surface area contributed by atoms with Gasteiger partial charge in [-0.1, -0.05) is 12.8 Å². The van der Waals surface area contributed by atoms with Gasteiger partial charge in [0.15, 0.2) is 5.58 Å². The second-order valence-electron chi connectivity index (χ2n) is 4.71. The second-order valence-corrected chi connectivity index (χ2v) is 4.71. The molecule has 0 aliphatic heterocycles. The number of fused-ring (bicyclic) bond motifs is 1. The number of hydrogen-bond acceptors (Lipinski definition) is 3. The smallest absolute Gasteiger partial charge is 0.152 e. The Morgan fingerprint density at radius 2 is 2.19 bits per heavy atom. The van der Waals surface area contributed by atoms with Crippen LogP contribution < -0.4 is 5.73 Å². The molecule has 0 amide bonds. The van der Waals surface area contributed by atoms with Crippen molar-refractivity contribution in [1.82, 2.24) is 4.98 Å². The Bertz CT molecular complexity index is 497. The van der Waals surface area contributed by atoms with Crippen molar-refractivity contribution in [3.63, 3.8) is 0 Å². The molecule has 0 atom stereocenters. The zero-order valence-corrected chi connectivity index (χ0v) is 9.28. The van der Waals surface area contributed by atoms with E-state index in [0.29, 0.717) is 6.54 Å². The molecule has 1 fully saturated rings. The molecule has 3 nitrogen and oxygen atoms in total. The van der Waals surface area contributed by atoms with Crippen molar-refractivity contribution >= 4 is 11.0 Å². The van der Waals surface area contributed by atoms with Gasteiger partial charge >= 0.3 is 0 Å². The first-order valence-corrected chi connectivity index (χ1v) is 5.87. The van der Waals surface area contributed by atoms with Gasteiger partial charge < -0.3 is 10.2 Å². The van der Waals surface area contributed by atoms with Crippen LogP contribution in [0.1, 0.15) is 31.2 Å². The zero-order valence-electron chi connectivity index (χ0n) is 9.28. The van der Waals surface area contributed by atoms with Crippen LogP contribution in [0.15, 0.2) is 29.1 Å². The molecule has 16 heavy (non-hydrogen) atoms. The molecule has 2 aromatic heterocycles. The van der Waals surface area contributed by atoms with E-state index in [4.69, 9.17) is 10.2 Å². The molecule has 2 N–H and O–H groups in total. The standard InChI is InChI=1S/C13H16N2O/c14-9-13(4-1-2-5-13)11-8-16-12-7-15-6-3-10(11)12/h3,6-8H,1-2,4-5,9,14H2. The molecule has 2 heterocycles. The van der Waals surface area contributed by atoms with E-state index < -0.39 is 0 Å². The molecule has 3 rings (SSSR count). The number of nitrogens with zero attached hydrogens (tertiary/aromatic N) is 1. The van der Waals surface area contributed by atoms with Crippen LogP contribution in [-0.4, -0.2) is 11.5 Å². The molecule has 0 spiro atoms. The van der Waals surface area contributed by atoms with Crippen molar-refractivity contribution in [1.29, 1.82) is 0 Å². The predicted octanol–water partition coefficient (Wildman–Crippen LogP) is 2.60. The maximum atomic E-state index is 5.99. The Balaban J connectivity index is 2.17. The molecule has 0 saturated heterocycles. The van der Waals surface area contributed by atoms with Crippen LogP contribution in [0.2, 0.25) is 0 Å². The Morgan fingerprint density at radius 1 is 1.38 bits per heavy atom. The Kier molecular flexibility index (Phi) is 2.21. The minimum Gasteiger partial charge on any atom is -0.462 e. The van der Waals surface area contributed by atoms with Crippen LogP contribution in [-0.2, 0) is 5.41 Å². The highest BCUT2D eigenvalue weighted by atomic mass is 16.3. The average Bonchev–Trinajstić information content (AvgIpc) is 2.96. The van der Waals surface area contributed by atoms with Gasteiger partial charge in [0.25, 0.3) is 0 Å². The molecule has 0 aromatic carbocycles. The fraction of sp³-hybridized carbons (Fsp3) is 0.462. The van der Waals surface area contributed by atoms with Gasteiger partial charge in [-0.25, -0.2) is 0 Å². The summed E-state index contributed by atoms with van der Waals surface area (Å²) in [6.07, 6.45) is 10.4. The lowest BCUT2D eigenvalue weighted by molar-refractivity contribution is 0.448. The van der Waals surface area contributed by atoms with E-state index in [2.05, 4.69) is 4.98 Å². The maximum Gasteiger partial charge on any atom is 0.152 e. The molecular weight excluding hydrogens is 200 g/mol. The van der Waals surface area contributed by atoms with Crippen molar-refractivity contribution in [3.8, 4) is 0 Å². The van der Waals surface area contributed by atoms with E-state index in [0.717, 1.165) is 5.58 Å². The van der Waals surface area contributed by atoms with E-state index in [1.54, 1.807) is 6.20 Å².